The van der Waals surface area contributed by atoms with Crippen LogP contribution in [0.15, 0.2) is 6.07 Å². The van der Waals surface area contributed by atoms with Crippen LogP contribution in [0.4, 0.5) is 4.39 Å². The Morgan fingerprint density at radius 2 is 1.79 bits per heavy atom. The van der Waals surface area contributed by atoms with E-state index in [-0.39, 0.29) is 5.82 Å². The highest BCUT2D eigenvalue weighted by Crippen LogP contribution is 2.36. The first kappa shape index (κ1) is 17.4. The van der Waals surface area contributed by atoms with E-state index in [9.17, 15) is 14.3 Å². The lowest BCUT2D eigenvalue weighted by molar-refractivity contribution is -0.142. The average Bonchev–Trinajstić information content (AvgIpc) is 2.37. The van der Waals surface area contributed by atoms with Gasteiger partial charge < -0.3 is 9.84 Å². The molecule has 0 saturated heterocycles. The summed E-state index contributed by atoms with van der Waals surface area (Å²) in [7, 11) is 1.42. The van der Waals surface area contributed by atoms with Crippen LogP contribution in [0.1, 0.15) is 44.4 Å². The van der Waals surface area contributed by atoms with Crippen LogP contribution in [-0.2, 0) is 10.2 Å². The Balaban J connectivity index is 0.00000154. The highest BCUT2D eigenvalue weighted by atomic mass is 19.1. The van der Waals surface area contributed by atoms with Crippen LogP contribution < -0.4 is 4.74 Å². The van der Waals surface area contributed by atoms with Crippen molar-refractivity contribution in [3.05, 3.63) is 28.6 Å². The van der Waals surface area contributed by atoms with Gasteiger partial charge in [-0.15, -0.1) is 0 Å². The number of aryl methyl sites for hydroxylation is 1. The van der Waals surface area contributed by atoms with E-state index in [1.165, 1.54) is 13.2 Å². The fourth-order valence-electron chi connectivity index (χ4n) is 1.79. The van der Waals surface area contributed by atoms with Crippen LogP contribution in [0.25, 0.3) is 0 Å². The summed E-state index contributed by atoms with van der Waals surface area (Å²) >= 11 is 0. The third-order valence-corrected chi connectivity index (χ3v) is 3.03. The zero-order chi connectivity index (χ0) is 15.4. The van der Waals surface area contributed by atoms with Gasteiger partial charge in [0.25, 0.3) is 0 Å². The molecule has 0 radical (unpaired) electrons. The molecule has 0 atom stereocenters. The molecule has 19 heavy (non-hydrogen) atoms. The van der Waals surface area contributed by atoms with Crippen molar-refractivity contribution in [3.8, 4) is 5.75 Å². The van der Waals surface area contributed by atoms with Crippen molar-refractivity contribution in [2.45, 2.75) is 47.0 Å². The van der Waals surface area contributed by atoms with Crippen molar-refractivity contribution in [1.82, 2.24) is 0 Å². The minimum Gasteiger partial charge on any atom is -0.496 e. The van der Waals surface area contributed by atoms with Gasteiger partial charge in [-0.1, -0.05) is 13.8 Å². The van der Waals surface area contributed by atoms with Gasteiger partial charge in [-0.2, -0.15) is 0 Å². The number of benzene rings is 1. The molecule has 108 valence electrons. The first-order chi connectivity index (χ1) is 8.73. The molecule has 4 heteroatoms. The van der Waals surface area contributed by atoms with Gasteiger partial charge in [0.2, 0.25) is 0 Å². The summed E-state index contributed by atoms with van der Waals surface area (Å²) in [5.74, 6) is -1.02. The zero-order valence-electron chi connectivity index (χ0n) is 12.7. The predicted octanol–water partition coefficient (Wildman–Crippen LogP) is 3.84. The van der Waals surface area contributed by atoms with E-state index < -0.39 is 11.4 Å². The molecule has 0 amide bonds. The summed E-state index contributed by atoms with van der Waals surface area (Å²) in [4.78, 5) is 11.2. The molecule has 0 aliphatic carbocycles. The molecule has 3 nitrogen and oxygen atoms in total. The molecule has 1 aromatic rings. The third-order valence-electron chi connectivity index (χ3n) is 3.03. The molecule has 1 aromatic carbocycles. The lowest BCUT2D eigenvalue weighted by atomic mass is 9.82. The Morgan fingerprint density at radius 3 is 2.16 bits per heavy atom. The number of methoxy groups -OCH3 is 1. The van der Waals surface area contributed by atoms with E-state index in [1.54, 1.807) is 27.7 Å². The number of hydrogen-bond donors (Lipinski definition) is 1. The maximum Gasteiger partial charge on any atom is 0.313 e. The summed E-state index contributed by atoms with van der Waals surface area (Å²) in [6.07, 6.45) is 0. The van der Waals surface area contributed by atoms with Gasteiger partial charge in [0.05, 0.1) is 12.5 Å². The molecule has 0 bridgehead atoms. The molecule has 0 fully saturated rings. The van der Waals surface area contributed by atoms with Crippen molar-refractivity contribution in [3.63, 3.8) is 0 Å². The standard InChI is InChI=1S/C13H17FO3.C2H6/c1-7-6-9(13(3,4)12(15)16)11(17-5)8(2)10(7)14;1-2/h6H,1-5H3,(H,15,16);1-2H3. The highest BCUT2D eigenvalue weighted by Gasteiger charge is 2.34. The Morgan fingerprint density at radius 1 is 1.32 bits per heavy atom. The topological polar surface area (TPSA) is 46.5 Å². The summed E-state index contributed by atoms with van der Waals surface area (Å²) in [6, 6.07) is 1.54. The highest BCUT2D eigenvalue weighted by molar-refractivity contribution is 5.81. The second kappa shape index (κ2) is 6.55. The minimum absolute atomic E-state index is 0.306. The smallest absolute Gasteiger partial charge is 0.313 e. The SMILES string of the molecule is CC.COc1c(C(C)(C)C(=O)O)cc(C)c(F)c1C. The van der Waals surface area contributed by atoms with Crippen LogP contribution in [0.5, 0.6) is 5.75 Å². The fraction of sp³-hybridized carbons (Fsp3) is 0.533. The van der Waals surface area contributed by atoms with Gasteiger partial charge in [-0.3, -0.25) is 4.79 Å². The lowest BCUT2D eigenvalue weighted by Gasteiger charge is -2.24. The largest absolute Gasteiger partial charge is 0.496 e. The third kappa shape index (κ3) is 3.25. The van der Waals surface area contributed by atoms with Gasteiger partial charge in [0, 0.05) is 11.1 Å². The van der Waals surface area contributed by atoms with Gasteiger partial charge >= 0.3 is 5.97 Å². The van der Waals surface area contributed by atoms with E-state index in [1.807, 2.05) is 13.8 Å². The fourth-order valence-corrected chi connectivity index (χ4v) is 1.79. The Bertz CT molecular complexity index is 465. The molecule has 1 rings (SSSR count). The Labute approximate surface area is 114 Å². The van der Waals surface area contributed by atoms with Crippen molar-refractivity contribution in [2.75, 3.05) is 7.11 Å². The summed E-state index contributed by atoms with van der Waals surface area (Å²) in [5, 5.41) is 9.22. The molecule has 0 spiro atoms. The molecule has 1 N–H and O–H groups in total. The Hall–Kier alpha value is -1.58. The van der Waals surface area contributed by atoms with Gasteiger partial charge in [0.1, 0.15) is 11.6 Å². The number of carboxylic acid groups (broad SMARTS) is 1. The van der Waals surface area contributed by atoms with Gasteiger partial charge in [0.15, 0.2) is 0 Å². The molecule has 0 saturated carbocycles. The second-order valence-corrected chi connectivity index (χ2v) is 4.64. The van der Waals surface area contributed by atoms with Crippen molar-refractivity contribution in [2.24, 2.45) is 0 Å². The van der Waals surface area contributed by atoms with Crippen molar-refractivity contribution in [1.29, 1.82) is 0 Å². The first-order valence-electron chi connectivity index (χ1n) is 6.31. The molecule has 0 heterocycles. The number of carbonyl (C=O) groups is 1. The van der Waals surface area contributed by atoms with E-state index in [4.69, 9.17) is 4.74 Å². The molecule has 0 aliphatic rings. The van der Waals surface area contributed by atoms with Crippen LogP contribution in [0.3, 0.4) is 0 Å². The predicted molar refractivity (Wildman–Crippen MR) is 74.4 cm³/mol. The Kier molecular flexibility index (Phi) is 6.00. The number of rotatable bonds is 3. The minimum atomic E-state index is -1.12. The molecule has 0 aliphatic heterocycles. The van der Waals surface area contributed by atoms with Crippen molar-refractivity contribution >= 4 is 5.97 Å². The second-order valence-electron chi connectivity index (χ2n) is 4.64. The number of hydrogen-bond acceptors (Lipinski definition) is 2. The zero-order valence-corrected chi connectivity index (χ0v) is 12.7. The maximum absolute atomic E-state index is 13.7. The van der Waals surface area contributed by atoms with Crippen molar-refractivity contribution < 1.29 is 19.0 Å². The molecule has 0 aromatic heterocycles. The van der Waals surface area contributed by atoms with E-state index in [2.05, 4.69) is 0 Å². The quantitative estimate of drug-likeness (QED) is 0.907. The lowest BCUT2D eigenvalue weighted by Crippen LogP contribution is -2.29. The summed E-state index contributed by atoms with van der Waals surface area (Å²) < 4.78 is 18.9. The van der Waals surface area contributed by atoms with Gasteiger partial charge in [-0.25, -0.2) is 4.39 Å². The number of carboxylic acids is 1. The van der Waals surface area contributed by atoms with Crippen LogP contribution in [0.2, 0.25) is 0 Å². The van der Waals surface area contributed by atoms with Gasteiger partial charge in [-0.05, 0) is 39.3 Å². The summed E-state index contributed by atoms with van der Waals surface area (Å²) in [6.45, 7) is 10.3. The molecular formula is C15H23FO3. The van der Waals surface area contributed by atoms with Crippen LogP contribution >= 0.6 is 0 Å². The van der Waals surface area contributed by atoms with E-state index >= 15 is 0 Å². The van der Waals surface area contributed by atoms with E-state index in [0.29, 0.717) is 22.4 Å². The monoisotopic (exact) mass is 270 g/mol. The number of aliphatic carboxylic acids is 1. The first-order valence-corrected chi connectivity index (χ1v) is 6.31. The van der Waals surface area contributed by atoms with E-state index in [0.717, 1.165) is 0 Å². The van der Waals surface area contributed by atoms with Crippen LogP contribution in [-0.4, -0.2) is 18.2 Å². The average molecular weight is 270 g/mol. The maximum atomic E-state index is 13.7. The number of halogens is 1. The van der Waals surface area contributed by atoms with Crippen LogP contribution in [0, 0.1) is 19.7 Å². The normalized spacial score (nSPS) is 10.5. The molecular weight excluding hydrogens is 247 g/mol. The number of ether oxygens (including phenoxy) is 1. The molecule has 0 unspecified atom stereocenters. The summed E-state index contributed by atoms with van der Waals surface area (Å²) in [5.41, 5.74) is 0.141.